The third-order valence-corrected chi connectivity index (χ3v) is 5.34. The van der Waals surface area contributed by atoms with Gasteiger partial charge in [-0.3, -0.25) is 10.1 Å². The minimum absolute atomic E-state index is 0.291. The van der Waals surface area contributed by atoms with E-state index in [1.807, 2.05) is 6.92 Å². The van der Waals surface area contributed by atoms with Gasteiger partial charge in [0.2, 0.25) is 5.13 Å². The van der Waals surface area contributed by atoms with Crippen molar-refractivity contribution in [2.45, 2.75) is 39.0 Å². The van der Waals surface area contributed by atoms with Crippen molar-refractivity contribution in [2.24, 2.45) is 0 Å². The van der Waals surface area contributed by atoms with Crippen molar-refractivity contribution in [3.63, 3.8) is 0 Å². The minimum Gasteiger partial charge on any atom is -0.295 e. The predicted octanol–water partition coefficient (Wildman–Crippen LogP) is 3.70. The Kier molecular flexibility index (Phi) is 4.69. The zero-order valence-corrected chi connectivity index (χ0v) is 15.4. The van der Waals surface area contributed by atoms with Crippen LogP contribution in [0.3, 0.4) is 0 Å². The largest absolute Gasteiger partial charge is 0.295 e. The molecule has 0 aliphatic heterocycles. The van der Waals surface area contributed by atoms with Crippen LogP contribution in [-0.2, 0) is 19.3 Å². The Labute approximate surface area is 158 Å². The number of anilines is 1. The van der Waals surface area contributed by atoms with Crippen LogP contribution in [0.25, 0.3) is 5.69 Å². The van der Waals surface area contributed by atoms with Crippen LogP contribution in [0.1, 0.15) is 46.5 Å². The van der Waals surface area contributed by atoms with E-state index in [0.29, 0.717) is 16.5 Å². The molecule has 1 aliphatic carbocycles. The third-order valence-electron chi connectivity index (χ3n) is 4.44. The van der Waals surface area contributed by atoms with Gasteiger partial charge in [0.25, 0.3) is 5.91 Å². The van der Waals surface area contributed by atoms with Crippen LogP contribution in [0.4, 0.5) is 13.9 Å². The number of halogens is 2. The van der Waals surface area contributed by atoms with E-state index >= 15 is 0 Å². The number of benzene rings is 1. The predicted molar refractivity (Wildman–Crippen MR) is 97.4 cm³/mol. The number of aryl methyl sites for hydroxylation is 1. The second-order valence-electron chi connectivity index (χ2n) is 6.34. The molecule has 0 spiro atoms. The number of nitrogens with one attached hydrogen (secondary N) is 1. The molecule has 0 atom stereocenters. The zero-order valence-electron chi connectivity index (χ0n) is 14.6. The first-order valence-corrected chi connectivity index (χ1v) is 9.58. The summed E-state index contributed by atoms with van der Waals surface area (Å²) < 4.78 is 28.4. The quantitative estimate of drug-likeness (QED) is 0.722. The number of fused-ring (bicyclic) bond motifs is 1. The van der Waals surface area contributed by atoms with E-state index in [0.717, 1.165) is 60.5 Å². The van der Waals surface area contributed by atoms with Gasteiger partial charge < -0.3 is 0 Å². The number of nitrogens with zero attached hydrogens (tertiary/aromatic N) is 4. The molecule has 2 heterocycles. The molecule has 3 aromatic rings. The zero-order chi connectivity index (χ0) is 19.0. The molecule has 0 bridgehead atoms. The summed E-state index contributed by atoms with van der Waals surface area (Å²) >= 11 is 1.34. The molecule has 6 nitrogen and oxygen atoms in total. The lowest BCUT2D eigenvalue weighted by Crippen LogP contribution is -2.15. The normalized spacial score (nSPS) is 13.0. The molecule has 1 N–H and O–H groups in total. The summed E-state index contributed by atoms with van der Waals surface area (Å²) in [7, 11) is 0. The minimum atomic E-state index is -0.946. The van der Waals surface area contributed by atoms with Gasteiger partial charge in [0.05, 0.1) is 5.69 Å². The number of carbonyl (C=O) groups is 1. The molecule has 0 saturated carbocycles. The van der Waals surface area contributed by atoms with Gasteiger partial charge in [0.15, 0.2) is 17.3 Å². The Morgan fingerprint density at radius 1 is 1.26 bits per heavy atom. The molecular weight excluding hydrogens is 372 g/mol. The number of aromatic nitrogens is 4. The van der Waals surface area contributed by atoms with E-state index in [9.17, 15) is 13.6 Å². The van der Waals surface area contributed by atoms with Crippen molar-refractivity contribution in [1.29, 1.82) is 0 Å². The van der Waals surface area contributed by atoms with Crippen molar-refractivity contribution in [3.05, 3.63) is 51.8 Å². The number of rotatable bonds is 5. The highest BCUT2D eigenvalue weighted by Gasteiger charge is 2.27. The molecule has 1 aliphatic rings. The first kappa shape index (κ1) is 17.7. The summed E-state index contributed by atoms with van der Waals surface area (Å²) in [5, 5.41) is 16.5. The number of amides is 1. The molecule has 0 fully saturated rings. The van der Waals surface area contributed by atoms with Crippen molar-refractivity contribution in [2.75, 3.05) is 5.32 Å². The second-order valence-corrected chi connectivity index (χ2v) is 7.40. The molecule has 2 aromatic heterocycles. The topological polar surface area (TPSA) is 72.7 Å². The average molecular weight is 389 g/mol. The van der Waals surface area contributed by atoms with Crippen LogP contribution in [0, 0.1) is 11.6 Å². The van der Waals surface area contributed by atoms with Crippen LogP contribution < -0.4 is 5.32 Å². The highest BCUT2D eigenvalue weighted by atomic mass is 32.1. The monoisotopic (exact) mass is 389 g/mol. The van der Waals surface area contributed by atoms with Crippen molar-refractivity contribution in [1.82, 2.24) is 20.0 Å². The molecule has 1 amide bonds. The molecule has 0 saturated heterocycles. The Hall–Kier alpha value is -2.68. The maximum atomic E-state index is 13.6. The molecule has 27 heavy (non-hydrogen) atoms. The van der Waals surface area contributed by atoms with Gasteiger partial charge in [0, 0.05) is 23.7 Å². The van der Waals surface area contributed by atoms with Gasteiger partial charge in [-0.1, -0.05) is 18.3 Å². The summed E-state index contributed by atoms with van der Waals surface area (Å²) in [6.45, 7) is 2.05. The smallest absolute Gasteiger partial charge is 0.278 e. The molecule has 9 heteroatoms. The van der Waals surface area contributed by atoms with Gasteiger partial charge in [-0.25, -0.2) is 13.5 Å². The lowest BCUT2D eigenvalue weighted by molar-refractivity contribution is 0.102. The molecule has 4 rings (SSSR count). The van der Waals surface area contributed by atoms with E-state index < -0.39 is 11.6 Å². The van der Waals surface area contributed by atoms with E-state index in [1.165, 1.54) is 22.1 Å². The number of hydrogen-bond donors (Lipinski definition) is 1. The standard InChI is InChI=1S/C18H17F2N5OS/c1-2-4-15-22-23-18(27-15)21-17(26)16-11-5-3-6-14(11)25(24-16)10-7-8-12(19)13(20)9-10/h7-9H,2-6H2,1H3,(H,21,23,26). The highest BCUT2D eigenvalue weighted by Crippen LogP contribution is 2.29. The average Bonchev–Trinajstić information content (AvgIpc) is 3.34. The van der Waals surface area contributed by atoms with Gasteiger partial charge in [-0.2, -0.15) is 5.10 Å². The van der Waals surface area contributed by atoms with E-state index in [-0.39, 0.29) is 5.91 Å². The first-order valence-electron chi connectivity index (χ1n) is 8.76. The van der Waals surface area contributed by atoms with Crippen molar-refractivity contribution in [3.8, 4) is 5.69 Å². The maximum absolute atomic E-state index is 13.6. The summed E-state index contributed by atoms with van der Waals surface area (Å²) in [4.78, 5) is 12.7. The lowest BCUT2D eigenvalue weighted by atomic mass is 10.2. The SMILES string of the molecule is CCCc1nnc(NC(=O)c2nn(-c3ccc(F)c(F)c3)c3c2CCC3)s1. The molecule has 140 valence electrons. The highest BCUT2D eigenvalue weighted by molar-refractivity contribution is 7.15. The van der Waals surface area contributed by atoms with Gasteiger partial charge in [-0.15, -0.1) is 10.2 Å². The first-order chi connectivity index (χ1) is 13.1. The summed E-state index contributed by atoms with van der Waals surface area (Å²) in [6.07, 6.45) is 4.10. The summed E-state index contributed by atoms with van der Waals surface area (Å²) in [5.74, 6) is -2.23. The second kappa shape index (κ2) is 7.15. The molecule has 1 aromatic carbocycles. The Morgan fingerprint density at radius 3 is 2.89 bits per heavy atom. The fourth-order valence-corrected chi connectivity index (χ4v) is 4.06. The van der Waals surface area contributed by atoms with Crippen LogP contribution in [-0.4, -0.2) is 25.9 Å². The van der Waals surface area contributed by atoms with E-state index in [2.05, 4.69) is 20.6 Å². The molecular formula is C18H17F2N5OS. The van der Waals surface area contributed by atoms with Gasteiger partial charge in [-0.05, 0) is 37.8 Å². The number of hydrogen-bond acceptors (Lipinski definition) is 5. The van der Waals surface area contributed by atoms with Gasteiger partial charge in [0.1, 0.15) is 5.01 Å². The van der Waals surface area contributed by atoms with Crippen LogP contribution in [0.5, 0.6) is 0 Å². The Bertz CT molecular complexity index is 1010. The number of carbonyl (C=O) groups excluding carboxylic acids is 1. The van der Waals surface area contributed by atoms with E-state index in [1.54, 1.807) is 0 Å². The van der Waals surface area contributed by atoms with Crippen LogP contribution in [0.15, 0.2) is 18.2 Å². The van der Waals surface area contributed by atoms with Gasteiger partial charge >= 0.3 is 0 Å². The van der Waals surface area contributed by atoms with E-state index in [4.69, 9.17) is 0 Å². The maximum Gasteiger partial charge on any atom is 0.278 e. The summed E-state index contributed by atoms with van der Waals surface area (Å²) in [6, 6.07) is 3.60. The van der Waals surface area contributed by atoms with Crippen molar-refractivity contribution >= 4 is 22.4 Å². The van der Waals surface area contributed by atoms with Crippen LogP contribution >= 0.6 is 11.3 Å². The fourth-order valence-electron chi connectivity index (χ4n) is 3.23. The molecule has 0 unspecified atom stereocenters. The lowest BCUT2D eigenvalue weighted by Gasteiger charge is -2.05. The Balaban J connectivity index is 1.65. The summed E-state index contributed by atoms with van der Waals surface area (Å²) in [5.41, 5.74) is 2.39. The molecule has 0 radical (unpaired) electrons. The Morgan fingerprint density at radius 2 is 2.11 bits per heavy atom. The third kappa shape index (κ3) is 3.34. The van der Waals surface area contributed by atoms with Crippen LogP contribution in [0.2, 0.25) is 0 Å². The van der Waals surface area contributed by atoms with Crippen molar-refractivity contribution < 1.29 is 13.6 Å². The fraction of sp³-hybridized carbons (Fsp3) is 0.333.